The maximum atomic E-state index is 13.8. The predicted octanol–water partition coefficient (Wildman–Crippen LogP) is 4.79. The molecular formula is C26H25F5N2O5. The third kappa shape index (κ3) is 9.04. The summed E-state index contributed by atoms with van der Waals surface area (Å²) in [5, 5.41) is 7.12. The molecule has 0 fully saturated rings. The van der Waals surface area contributed by atoms with Crippen LogP contribution in [0.1, 0.15) is 21.5 Å². The van der Waals surface area contributed by atoms with Crippen molar-refractivity contribution >= 4 is 11.9 Å². The van der Waals surface area contributed by atoms with E-state index in [2.05, 4.69) is 0 Å². The summed E-state index contributed by atoms with van der Waals surface area (Å²) in [5.74, 6) is -3.33. The lowest BCUT2D eigenvalue weighted by Crippen LogP contribution is -2.34. The zero-order valence-electron chi connectivity index (χ0n) is 20.2. The molecule has 0 saturated carbocycles. The van der Waals surface area contributed by atoms with Crippen LogP contribution in [0.4, 0.5) is 22.0 Å². The maximum Gasteiger partial charge on any atom is 0.490 e. The van der Waals surface area contributed by atoms with Gasteiger partial charge in [-0.25, -0.2) is 13.6 Å². The van der Waals surface area contributed by atoms with Crippen LogP contribution >= 0.6 is 0 Å². The molecule has 3 rings (SSSR count). The minimum atomic E-state index is -5.08. The Labute approximate surface area is 215 Å². The Morgan fingerprint density at radius 3 is 2.18 bits per heavy atom. The van der Waals surface area contributed by atoms with E-state index in [1.54, 1.807) is 35.2 Å². The Morgan fingerprint density at radius 2 is 1.63 bits per heavy atom. The molecule has 38 heavy (non-hydrogen) atoms. The van der Waals surface area contributed by atoms with Crippen molar-refractivity contribution in [3.63, 3.8) is 0 Å². The molecule has 0 atom stereocenters. The summed E-state index contributed by atoms with van der Waals surface area (Å²) in [6.45, 7) is 1.00. The monoisotopic (exact) mass is 540 g/mol. The van der Waals surface area contributed by atoms with Crippen molar-refractivity contribution in [3.05, 3.63) is 95.1 Å². The largest absolute Gasteiger partial charge is 0.493 e. The molecule has 1 amide bonds. The van der Waals surface area contributed by atoms with Crippen molar-refractivity contribution in [1.82, 2.24) is 4.90 Å². The molecule has 7 nitrogen and oxygen atoms in total. The first-order chi connectivity index (χ1) is 18.0. The molecule has 3 aromatic carbocycles. The number of carbonyl (C=O) groups excluding carboxylic acids is 1. The van der Waals surface area contributed by atoms with Crippen LogP contribution in [0.15, 0.2) is 66.7 Å². The lowest BCUT2D eigenvalue weighted by molar-refractivity contribution is -0.192. The van der Waals surface area contributed by atoms with Crippen LogP contribution in [-0.2, 0) is 17.9 Å². The van der Waals surface area contributed by atoms with E-state index in [0.29, 0.717) is 36.7 Å². The fourth-order valence-corrected chi connectivity index (χ4v) is 3.12. The second-order valence-corrected chi connectivity index (χ2v) is 7.69. The van der Waals surface area contributed by atoms with Crippen molar-refractivity contribution < 1.29 is 46.1 Å². The number of hydrogen-bond donors (Lipinski definition) is 2. The van der Waals surface area contributed by atoms with E-state index < -0.39 is 23.8 Å². The first-order valence-electron chi connectivity index (χ1n) is 11.0. The van der Waals surface area contributed by atoms with E-state index in [-0.39, 0.29) is 18.1 Å². The van der Waals surface area contributed by atoms with Gasteiger partial charge in [-0.05, 0) is 42.0 Å². The highest BCUT2D eigenvalue weighted by molar-refractivity contribution is 5.94. The minimum absolute atomic E-state index is 0.0758. The van der Waals surface area contributed by atoms with Gasteiger partial charge in [-0.3, -0.25) is 4.79 Å². The molecule has 0 spiro atoms. The number of ether oxygens (including phenoxy) is 2. The van der Waals surface area contributed by atoms with E-state index in [9.17, 15) is 26.7 Å². The van der Waals surface area contributed by atoms with Crippen LogP contribution in [-0.4, -0.2) is 48.3 Å². The van der Waals surface area contributed by atoms with Crippen LogP contribution in [0, 0.1) is 11.6 Å². The highest BCUT2D eigenvalue weighted by atomic mass is 19.4. The van der Waals surface area contributed by atoms with Gasteiger partial charge >= 0.3 is 12.1 Å². The second kappa shape index (κ2) is 13.9. The number of methoxy groups -OCH3 is 1. The van der Waals surface area contributed by atoms with Gasteiger partial charge in [0.1, 0.15) is 18.2 Å². The molecule has 0 heterocycles. The fourth-order valence-electron chi connectivity index (χ4n) is 3.12. The van der Waals surface area contributed by atoms with Gasteiger partial charge in [-0.2, -0.15) is 13.2 Å². The zero-order valence-corrected chi connectivity index (χ0v) is 20.2. The normalized spacial score (nSPS) is 10.7. The van der Waals surface area contributed by atoms with Crippen molar-refractivity contribution in [3.8, 4) is 11.5 Å². The van der Waals surface area contributed by atoms with Crippen molar-refractivity contribution in [2.75, 3.05) is 20.2 Å². The van der Waals surface area contributed by atoms with Crippen molar-refractivity contribution in [1.29, 1.82) is 0 Å². The number of nitrogens with zero attached hydrogens (tertiary/aromatic N) is 1. The number of nitrogens with two attached hydrogens (primary N) is 1. The van der Waals surface area contributed by atoms with Crippen molar-refractivity contribution in [2.45, 2.75) is 19.3 Å². The standard InChI is InChI=1S/C24H24F2N2O3.C2HF3O2/c1-30-23-13-17(15-28(12-11-27)24(29)18-5-3-2-4-6-18)7-10-22(23)31-16-19-8-9-20(25)14-21(19)26;3-2(4,5)1(6)7/h2-10,13-14H,11-12,15-16,27H2,1H3;(H,6,7). The van der Waals surface area contributed by atoms with Crippen LogP contribution in [0.3, 0.4) is 0 Å². The summed E-state index contributed by atoms with van der Waals surface area (Å²) in [6, 6.07) is 17.6. The predicted molar refractivity (Wildman–Crippen MR) is 128 cm³/mol. The second-order valence-electron chi connectivity index (χ2n) is 7.69. The van der Waals surface area contributed by atoms with Gasteiger partial charge in [0, 0.05) is 36.8 Å². The van der Waals surface area contributed by atoms with Gasteiger partial charge in [-0.1, -0.05) is 24.3 Å². The SMILES string of the molecule is COc1cc(CN(CCN)C(=O)c2ccccc2)ccc1OCc1ccc(F)cc1F.O=C(O)C(F)(F)F. The van der Waals surface area contributed by atoms with E-state index in [1.807, 2.05) is 18.2 Å². The summed E-state index contributed by atoms with van der Waals surface area (Å²) in [6.07, 6.45) is -5.08. The van der Waals surface area contributed by atoms with Gasteiger partial charge in [0.15, 0.2) is 11.5 Å². The molecule has 0 aromatic heterocycles. The average Bonchev–Trinajstić information content (AvgIpc) is 2.88. The average molecular weight is 540 g/mol. The van der Waals surface area contributed by atoms with Crippen LogP contribution < -0.4 is 15.2 Å². The van der Waals surface area contributed by atoms with E-state index in [0.717, 1.165) is 11.6 Å². The lowest BCUT2D eigenvalue weighted by Gasteiger charge is -2.23. The van der Waals surface area contributed by atoms with E-state index >= 15 is 0 Å². The molecule has 3 N–H and O–H groups in total. The Morgan fingerprint density at radius 1 is 0.974 bits per heavy atom. The summed E-state index contributed by atoms with van der Waals surface area (Å²) in [7, 11) is 1.50. The molecule has 0 aliphatic heterocycles. The molecule has 0 aliphatic carbocycles. The molecule has 204 valence electrons. The lowest BCUT2D eigenvalue weighted by atomic mass is 10.1. The number of benzene rings is 3. The van der Waals surface area contributed by atoms with Crippen molar-refractivity contribution in [2.24, 2.45) is 5.73 Å². The first kappa shape index (κ1) is 30.0. The smallest absolute Gasteiger partial charge is 0.490 e. The first-order valence-corrected chi connectivity index (χ1v) is 11.0. The Kier molecular flexibility index (Phi) is 11.0. The Balaban J connectivity index is 0.000000638. The maximum absolute atomic E-state index is 13.8. The topological polar surface area (TPSA) is 102 Å². The molecule has 3 aromatic rings. The van der Waals surface area contributed by atoms with E-state index in [4.69, 9.17) is 25.1 Å². The number of aliphatic carboxylic acids is 1. The molecule has 0 unspecified atom stereocenters. The molecule has 0 aliphatic rings. The third-order valence-corrected chi connectivity index (χ3v) is 4.95. The number of carboxylic acids is 1. The van der Waals surface area contributed by atoms with E-state index in [1.165, 1.54) is 19.2 Å². The van der Waals surface area contributed by atoms with Gasteiger partial charge in [0.05, 0.1) is 7.11 Å². The zero-order chi connectivity index (χ0) is 28.3. The molecule has 12 heteroatoms. The molecule has 0 radical (unpaired) electrons. The minimum Gasteiger partial charge on any atom is -0.493 e. The van der Waals surface area contributed by atoms with Crippen LogP contribution in [0.2, 0.25) is 0 Å². The molecule has 0 saturated heterocycles. The molecular weight excluding hydrogens is 515 g/mol. The van der Waals surface area contributed by atoms with Gasteiger partial charge < -0.3 is 25.2 Å². The van der Waals surface area contributed by atoms with Crippen LogP contribution in [0.5, 0.6) is 11.5 Å². The summed E-state index contributed by atoms with van der Waals surface area (Å²) < 4.78 is 69.7. The quantitative estimate of drug-likeness (QED) is 0.379. The van der Waals surface area contributed by atoms with Gasteiger partial charge in [0.25, 0.3) is 5.91 Å². The summed E-state index contributed by atoms with van der Waals surface area (Å²) in [4.78, 5) is 23.4. The third-order valence-electron chi connectivity index (χ3n) is 4.95. The number of carboxylic acid groups (broad SMARTS) is 1. The Hall–Kier alpha value is -4.19. The number of halogens is 5. The highest BCUT2D eigenvalue weighted by Crippen LogP contribution is 2.30. The fraction of sp³-hybridized carbons (Fsp3) is 0.231. The number of amides is 1. The number of hydrogen-bond acceptors (Lipinski definition) is 5. The summed E-state index contributed by atoms with van der Waals surface area (Å²) in [5.41, 5.74) is 7.35. The number of rotatable bonds is 9. The molecule has 0 bridgehead atoms. The van der Waals surface area contributed by atoms with Gasteiger partial charge in [-0.15, -0.1) is 0 Å². The number of alkyl halides is 3. The van der Waals surface area contributed by atoms with Gasteiger partial charge in [0.2, 0.25) is 0 Å². The summed E-state index contributed by atoms with van der Waals surface area (Å²) >= 11 is 0. The number of carbonyl (C=O) groups is 2. The Bertz CT molecular complexity index is 1220. The highest BCUT2D eigenvalue weighted by Gasteiger charge is 2.38. The van der Waals surface area contributed by atoms with Crippen LogP contribution in [0.25, 0.3) is 0 Å².